The zero-order valence-electron chi connectivity index (χ0n) is 16.5. The summed E-state index contributed by atoms with van der Waals surface area (Å²) in [4.78, 5) is 16.3. The van der Waals surface area contributed by atoms with Crippen LogP contribution in [0.4, 0.5) is 5.69 Å². The number of amides is 1. The maximum atomic E-state index is 13.0. The number of aromatic nitrogens is 1. The molecule has 0 radical (unpaired) electrons. The molecule has 0 aliphatic heterocycles. The Morgan fingerprint density at radius 3 is 2.45 bits per heavy atom. The molecule has 29 heavy (non-hydrogen) atoms. The first-order valence-corrected chi connectivity index (χ1v) is 9.91. The third kappa shape index (κ3) is 4.55. The molecule has 4 heteroatoms. The molecule has 0 bridgehead atoms. The first-order valence-electron chi connectivity index (χ1n) is 9.91. The number of fused-ring (bicyclic) bond motifs is 1. The second kappa shape index (κ2) is 8.76. The number of benzene rings is 3. The number of hydrogen-bond donors (Lipinski definition) is 3. The molecule has 0 saturated carbocycles. The van der Waals surface area contributed by atoms with E-state index in [1.165, 1.54) is 16.5 Å². The highest BCUT2D eigenvalue weighted by atomic mass is 16.2. The van der Waals surface area contributed by atoms with Gasteiger partial charge < -0.3 is 15.6 Å². The molecule has 1 atom stereocenters. The van der Waals surface area contributed by atoms with Crippen LogP contribution in [0, 0.1) is 6.92 Å². The van der Waals surface area contributed by atoms with Gasteiger partial charge in [-0.25, -0.2) is 0 Å². The van der Waals surface area contributed by atoms with Gasteiger partial charge in [-0.2, -0.15) is 0 Å². The molecule has 4 rings (SSSR count). The Balaban J connectivity index is 1.47. The van der Waals surface area contributed by atoms with Crippen LogP contribution in [0.25, 0.3) is 10.9 Å². The molecule has 0 unspecified atom stereocenters. The van der Waals surface area contributed by atoms with Crippen molar-refractivity contribution in [2.24, 2.45) is 0 Å². The number of carbonyl (C=O) groups is 1. The fourth-order valence-corrected chi connectivity index (χ4v) is 3.55. The number of aromatic amines is 1. The minimum Gasteiger partial charge on any atom is -0.361 e. The standard InChI is InChI=1S/C25H25N3O/c1-18-11-13-21(14-12-18)28-25(29)24(19-7-3-2-4-8-19)26-16-15-20-17-27-23-10-6-5-9-22(20)23/h2-14,17,24,26-27H,15-16H2,1H3,(H,28,29)/t24-/m1/s1. The highest BCUT2D eigenvalue weighted by Gasteiger charge is 2.20. The Kier molecular flexibility index (Phi) is 5.73. The van der Waals surface area contributed by atoms with Crippen molar-refractivity contribution in [3.05, 3.63) is 102 Å². The third-order valence-corrected chi connectivity index (χ3v) is 5.13. The lowest BCUT2D eigenvalue weighted by Crippen LogP contribution is -2.34. The molecule has 0 spiro atoms. The number of anilines is 1. The minimum atomic E-state index is -0.414. The van der Waals surface area contributed by atoms with Crippen molar-refractivity contribution >= 4 is 22.5 Å². The van der Waals surface area contributed by atoms with Gasteiger partial charge in [-0.1, -0.05) is 66.2 Å². The predicted molar refractivity (Wildman–Crippen MR) is 119 cm³/mol. The van der Waals surface area contributed by atoms with Crippen LogP contribution in [0.1, 0.15) is 22.7 Å². The summed E-state index contributed by atoms with van der Waals surface area (Å²) in [6, 6.07) is 25.6. The van der Waals surface area contributed by atoms with E-state index < -0.39 is 6.04 Å². The van der Waals surface area contributed by atoms with E-state index in [4.69, 9.17) is 0 Å². The van der Waals surface area contributed by atoms with Crippen molar-refractivity contribution in [2.45, 2.75) is 19.4 Å². The first-order chi connectivity index (χ1) is 14.2. The van der Waals surface area contributed by atoms with Gasteiger partial charge in [0.2, 0.25) is 5.91 Å². The van der Waals surface area contributed by atoms with Crippen LogP contribution in [0.15, 0.2) is 85.1 Å². The van der Waals surface area contributed by atoms with Gasteiger partial charge in [0.1, 0.15) is 6.04 Å². The van der Waals surface area contributed by atoms with Crippen LogP contribution < -0.4 is 10.6 Å². The maximum Gasteiger partial charge on any atom is 0.246 e. The summed E-state index contributed by atoms with van der Waals surface area (Å²) in [6.45, 7) is 2.73. The van der Waals surface area contributed by atoms with Crippen LogP contribution >= 0.6 is 0 Å². The second-order valence-corrected chi connectivity index (χ2v) is 7.26. The summed E-state index contributed by atoms with van der Waals surface area (Å²) in [7, 11) is 0. The molecule has 0 saturated heterocycles. The van der Waals surface area contributed by atoms with E-state index in [9.17, 15) is 4.79 Å². The molecule has 1 heterocycles. The first kappa shape index (κ1) is 19.0. The fraction of sp³-hybridized carbons (Fsp3) is 0.160. The molecular formula is C25H25N3O. The summed E-state index contributed by atoms with van der Waals surface area (Å²) >= 11 is 0. The highest BCUT2D eigenvalue weighted by Crippen LogP contribution is 2.20. The highest BCUT2D eigenvalue weighted by molar-refractivity contribution is 5.95. The predicted octanol–water partition coefficient (Wildman–Crippen LogP) is 4.99. The fourth-order valence-electron chi connectivity index (χ4n) is 3.55. The van der Waals surface area contributed by atoms with Gasteiger partial charge in [0, 0.05) is 29.3 Å². The van der Waals surface area contributed by atoms with Crippen molar-refractivity contribution in [3.63, 3.8) is 0 Å². The largest absolute Gasteiger partial charge is 0.361 e. The molecule has 4 aromatic rings. The Morgan fingerprint density at radius 2 is 1.66 bits per heavy atom. The molecule has 0 aliphatic carbocycles. The number of aryl methyl sites for hydroxylation is 1. The van der Waals surface area contributed by atoms with Gasteiger partial charge in [-0.15, -0.1) is 0 Å². The lowest BCUT2D eigenvalue weighted by Gasteiger charge is -2.19. The number of hydrogen-bond acceptors (Lipinski definition) is 2. The van der Waals surface area contributed by atoms with Crippen LogP contribution in [0.3, 0.4) is 0 Å². The van der Waals surface area contributed by atoms with E-state index in [2.05, 4.69) is 40.0 Å². The second-order valence-electron chi connectivity index (χ2n) is 7.26. The SMILES string of the molecule is Cc1ccc(NC(=O)[C@H](NCCc2c[nH]c3ccccc23)c2ccccc2)cc1. The van der Waals surface area contributed by atoms with Gasteiger partial charge in [0.05, 0.1) is 0 Å². The average molecular weight is 383 g/mol. The molecule has 3 aromatic carbocycles. The van der Waals surface area contributed by atoms with Gasteiger partial charge in [0.25, 0.3) is 0 Å². The number of carbonyl (C=O) groups excluding carboxylic acids is 1. The number of nitrogens with one attached hydrogen (secondary N) is 3. The quantitative estimate of drug-likeness (QED) is 0.421. The molecule has 3 N–H and O–H groups in total. The van der Waals surface area contributed by atoms with E-state index in [0.717, 1.165) is 23.2 Å². The van der Waals surface area contributed by atoms with Crippen molar-refractivity contribution in [1.82, 2.24) is 10.3 Å². The van der Waals surface area contributed by atoms with Crippen LogP contribution in [-0.2, 0) is 11.2 Å². The molecule has 0 fully saturated rings. The third-order valence-electron chi connectivity index (χ3n) is 5.13. The van der Waals surface area contributed by atoms with E-state index >= 15 is 0 Å². The molecule has 1 amide bonds. The van der Waals surface area contributed by atoms with Crippen molar-refractivity contribution < 1.29 is 4.79 Å². The van der Waals surface area contributed by atoms with Crippen LogP contribution in [0.5, 0.6) is 0 Å². The molecule has 1 aromatic heterocycles. The maximum absolute atomic E-state index is 13.0. The summed E-state index contributed by atoms with van der Waals surface area (Å²) in [5.74, 6) is -0.0565. The van der Waals surface area contributed by atoms with Crippen LogP contribution in [-0.4, -0.2) is 17.4 Å². The number of rotatable bonds is 7. The van der Waals surface area contributed by atoms with Crippen molar-refractivity contribution in [2.75, 3.05) is 11.9 Å². The van der Waals surface area contributed by atoms with E-state index in [0.29, 0.717) is 6.54 Å². The Morgan fingerprint density at radius 1 is 0.931 bits per heavy atom. The van der Waals surface area contributed by atoms with Crippen LogP contribution in [0.2, 0.25) is 0 Å². The zero-order chi connectivity index (χ0) is 20.1. The van der Waals surface area contributed by atoms with Crippen molar-refractivity contribution in [3.8, 4) is 0 Å². The smallest absolute Gasteiger partial charge is 0.246 e. The molecule has 0 aliphatic rings. The molecular weight excluding hydrogens is 358 g/mol. The lowest BCUT2D eigenvalue weighted by molar-refractivity contribution is -0.118. The Hall–Kier alpha value is -3.37. The Bertz CT molecular complexity index is 1080. The van der Waals surface area contributed by atoms with Gasteiger partial charge in [-0.3, -0.25) is 4.79 Å². The van der Waals surface area contributed by atoms with Gasteiger partial charge >= 0.3 is 0 Å². The summed E-state index contributed by atoms with van der Waals surface area (Å²) in [6.07, 6.45) is 2.89. The summed E-state index contributed by atoms with van der Waals surface area (Å²) < 4.78 is 0. The minimum absolute atomic E-state index is 0.0565. The number of H-pyrrole nitrogens is 1. The van der Waals surface area contributed by atoms with E-state index in [1.807, 2.05) is 67.6 Å². The average Bonchev–Trinajstić information content (AvgIpc) is 3.16. The molecule has 146 valence electrons. The van der Waals surface area contributed by atoms with Gasteiger partial charge in [-0.05, 0) is 42.7 Å². The van der Waals surface area contributed by atoms with E-state index in [1.54, 1.807) is 0 Å². The Labute approximate surface area is 171 Å². The number of para-hydroxylation sites is 1. The topological polar surface area (TPSA) is 56.9 Å². The van der Waals surface area contributed by atoms with Gasteiger partial charge in [0.15, 0.2) is 0 Å². The normalized spacial score (nSPS) is 12.0. The summed E-state index contributed by atoms with van der Waals surface area (Å²) in [5, 5.41) is 7.71. The van der Waals surface area contributed by atoms with Crippen molar-refractivity contribution in [1.29, 1.82) is 0 Å². The lowest BCUT2D eigenvalue weighted by atomic mass is 10.0. The monoisotopic (exact) mass is 383 g/mol. The summed E-state index contributed by atoms with van der Waals surface area (Å²) in [5.41, 5.74) is 5.31. The molecule has 4 nitrogen and oxygen atoms in total. The zero-order valence-corrected chi connectivity index (χ0v) is 16.5. The van der Waals surface area contributed by atoms with E-state index in [-0.39, 0.29) is 5.91 Å².